The van der Waals surface area contributed by atoms with Crippen LogP contribution in [0.4, 0.5) is 0 Å². The highest BCUT2D eigenvalue weighted by Gasteiger charge is 2.13. The number of likely N-dealkylation sites (tertiary alicyclic amines) is 1. The van der Waals surface area contributed by atoms with Crippen molar-refractivity contribution >= 4 is 24.8 Å². The third kappa shape index (κ3) is 4.86. The summed E-state index contributed by atoms with van der Waals surface area (Å²) < 4.78 is 0. The number of rotatable bonds is 1. The number of likely N-dealkylation sites (N-methyl/N-ethyl adjacent to an activating group) is 2. The molecule has 1 aliphatic heterocycles. The number of nitrogens with zero attached hydrogens (tertiary/aromatic N) is 1. The molecule has 1 N–H and O–H groups in total. The third-order valence-corrected chi connectivity index (χ3v) is 2.03. The minimum Gasteiger partial charge on any atom is -0.316 e. The van der Waals surface area contributed by atoms with Gasteiger partial charge in [0.2, 0.25) is 0 Å². The van der Waals surface area contributed by atoms with Gasteiger partial charge < -0.3 is 10.2 Å². The van der Waals surface area contributed by atoms with E-state index in [1.807, 2.05) is 7.05 Å². The Bertz CT molecular complexity index is 90.5. The molecule has 1 fully saturated rings. The lowest BCUT2D eigenvalue weighted by molar-refractivity contribution is 0.234. The van der Waals surface area contributed by atoms with Crippen LogP contribution in [0.5, 0.6) is 0 Å². The van der Waals surface area contributed by atoms with Gasteiger partial charge in [-0.25, -0.2) is 0 Å². The molecule has 1 aliphatic rings. The van der Waals surface area contributed by atoms with Crippen molar-refractivity contribution in [2.45, 2.75) is 18.9 Å². The average Bonchev–Trinajstić information content (AvgIpc) is 1.88. The molecular formula is C7H18Cl2N2. The highest BCUT2D eigenvalue weighted by atomic mass is 35.5. The molecule has 0 bridgehead atoms. The predicted octanol–water partition coefficient (Wildman–Crippen LogP) is 1.14. The van der Waals surface area contributed by atoms with Gasteiger partial charge in [-0.2, -0.15) is 0 Å². The Morgan fingerprint density at radius 2 is 2.00 bits per heavy atom. The van der Waals surface area contributed by atoms with E-state index in [0.717, 1.165) is 6.04 Å². The summed E-state index contributed by atoms with van der Waals surface area (Å²) in [6.45, 7) is 2.49. The van der Waals surface area contributed by atoms with Crippen molar-refractivity contribution < 1.29 is 0 Å². The van der Waals surface area contributed by atoms with Crippen LogP contribution < -0.4 is 5.32 Å². The van der Waals surface area contributed by atoms with E-state index in [0.29, 0.717) is 0 Å². The van der Waals surface area contributed by atoms with E-state index in [9.17, 15) is 0 Å². The molecule has 0 saturated carbocycles. The lowest BCUT2D eigenvalue weighted by Crippen LogP contribution is -2.42. The van der Waals surface area contributed by atoms with Crippen LogP contribution >= 0.6 is 24.8 Å². The van der Waals surface area contributed by atoms with Crippen molar-refractivity contribution in [1.29, 1.82) is 0 Å². The van der Waals surface area contributed by atoms with Gasteiger partial charge in [0, 0.05) is 12.6 Å². The summed E-state index contributed by atoms with van der Waals surface area (Å²) in [5.74, 6) is 0. The van der Waals surface area contributed by atoms with Crippen molar-refractivity contribution in [2.75, 3.05) is 27.2 Å². The highest BCUT2D eigenvalue weighted by molar-refractivity contribution is 5.85. The largest absolute Gasteiger partial charge is 0.316 e. The van der Waals surface area contributed by atoms with Crippen LogP contribution in [-0.4, -0.2) is 38.1 Å². The number of hydrogen-bond donors (Lipinski definition) is 1. The van der Waals surface area contributed by atoms with E-state index in [2.05, 4.69) is 17.3 Å². The molecule has 4 heteroatoms. The molecule has 0 amide bonds. The summed E-state index contributed by atoms with van der Waals surface area (Å²) in [4.78, 5) is 2.38. The second-order valence-electron chi connectivity index (χ2n) is 2.89. The Morgan fingerprint density at radius 1 is 1.36 bits per heavy atom. The topological polar surface area (TPSA) is 15.3 Å². The van der Waals surface area contributed by atoms with Gasteiger partial charge in [0.15, 0.2) is 0 Å². The van der Waals surface area contributed by atoms with Crippen LogP contribution in [0.25, 0.3) is 0 Å². The Kier molecular flexibility index (Phi) is 9.15. The number of hydrogen-bond acceptors (Lipinski definition) is 2. The van der Waals surface area contributed by atoms with Gasteiger partial charge in [0.1, 0.15) is 0 Å². The molecule has 0 aromatic heterocycles. The SMILES string of the molecule is CNC1CCCN(C)C1.Cl.Cl. The van der Waals surface area contributed by atoms with Crippen LogP contribution in [0.1, 0.15) is 12.8 Å². The maximum Gasteiger partial charge on any atom is 0.0192 e. The second-order valence-corrected chi connectivity index (χ2v) is 2.89. The van der Waals surface area contributed by atoms with Crippen LogP contribution in [-0.2, 0) is 0 Å². The van der Waals surface area contributed by atoms with Gasteiger partial charge in [-0.3, -0.25) is 0 Å². The molecule has 1 heterocycles. The lowest BCUT2D eigenvalue weighted by atomic mass is 10.1. The first-order valence-corrected chi connectivity index (χ1v) is 3.68. The zero-order valence-corrected chi connectivity index (χ0v) is 8.80. The third-order valence-electron chi connectivity index (χ3n) is 2.03. The highest BCUT2D eigenvalue weighted by Crippen LogP contribution is 2.06. The molecule has 70 valence electrons. The predicted molar refractivity (Wildman–Crippen MR) is 54.1 cm³/mol. The van der Waals surface area contributed by atoms with E-state index in [1.165, 1.54) is 25.9 Å². The smallest absolute Gasteiger partial charge is 0.0192 e. The van der Waals surface area contributed by atoms with Gasteiger partial charge in [-0.1, -0.05) is 0 Å². The van der Waals surface area contributed by atoms with Crippen LogP contribution in [0.15, 0.2) is 0 Å². The molecule has 0 aromatic carbocycles. The minimum absolute atomic E-state index is 0. The molecule has 1 atom stereocenters. The normalized spacial score (nSPS) is 25.1. The van der Waals surface area contributed by atoms with E-state index >= 15 is 0 Å². The lowest BCUT2D eigenvalue weighted by Gasteiger charge is -2.29. The summed E-state index contributed by atoms with van der Waals surface area (Å²) in [5.41, 5.74) is 0. The molecule has 2 nitrogen and oxygen atoms in total. The number of halogens is 2. The first kappa shape index (κ1) is 14.0. The fourth-order valence-corrected chi connectivity index (χ4v) is 1.40. The van der Waals surface area contributed by atoms with Crippen molar-refractivity contribution in [2.24, 2.45) is 0 Å². The monoisotopic (exact) mass is 200 g/mol. The molecule has 1 rings (SSSR count). The van der Waals surface area contributed by atoms with E-state index in [4.69, 9.17) is 0 Å². The zero-order valence-electron chi connectivity index (χ0n) is 7.17. The Morgan fingerprint density at radius 3 is 2.36 bits per heavy atom. The molecule has 11 heavy (non-hydrogen) atoms. The maximum atomic E-state index is 3.29. The summed E-state index contributed by atoms with van der Waals surface area (Å²) in [7, 11) is 4.23. The Labute approximate surface area is 81.5 Å². The average molecular weight is 201 g/mol. The van der Waals surface area contributed by atoms with E-state index in [-0.39, 0.29) is 24.8 Å². The van der Waals surface area contributed by atoms with Crippen LogP contribution in [0.2, 0.25) is 0 Å². The molecular weight excluding hydrogens is 183 g/mol. The van der Waals surface area contributed by atoms with Crippen LogP contribution in [0, 0.1) is 0 Å². The Balaban J connectivity index is 0. The summed E-state index contributed by atoms with van der Waals surface area (Å²) >= 11 is 0. The second kappa shape index (κ2) is 7.17. The first-order chi connectivity index (χ1) is 4.33. The summed E-state index contributed by atoms with van der Waals surface area (Å²) in [6, 6.07) is 0.740. The van der Waals surface area contributed by atoms with Crippen LogP contribution in [0.3, 0.4) is 0 Å². The minimum atomic E-state index is 0. The van der Waals surface area contributed by atoms with E-state index in [1.54, 1.807) is 0 Å². The standard InChI is InChI=1S/C7H16N2.2ClH/c1-8-7-4-3-5-9(2)6-7;;/h7-8H,3-6H2,1-2H3;2*1H. The molecule has 1 saturated heterocycles. The first-order valence-electron chi connectivity index (χ1n) is 3.68. The van der Waals surface area contributed by atoms with Crippen molar-refractivity contribution in [3.8, 4) is 0 Å². The summed E-state index contributed by atoms with van der Waals surface area (Å²) in [5, 5.41) is 3.29. The van der Waals surface area contributed by atoms with Gasteiger partial charge in [0.05, 0.1) is 0 Å². The molecule has 0 aromatic rings. The van der Waals surface area contributed by atoms with Crippen molar-refractivity contribution in [1.82, 2.24) is 10.2 Å². The maximum absolute atomic E-state index is 3.29. The van der Waals surface area contributed by atoms with Gasteiger partial charge >= 0.3 is 0 Å². The fraction of sp³-hybridized carbons (Fsp3) is 1.00. The molecule has 0 aliphatic carbocycles. The van der Waals surface area contributed by atoms with Crippen molar-refractivity contribution in [3.63, 3.8) is 0 Å². The van der Waals surface area contributed by atoms with Gasteiger partial charge in [-0.15, -0.1) is 24.8 Å². The quantitative estimate of drug-likeness (QED) is 0.684. The van der Waals surface area contributed by atoms with Gasteiger partial charge in [-0.05, 0) is 33.5 Å². The fourth-order valence-electron chi connectivity index (χ4n) is 1.40. The van der Waals surface area contributed by atoms with E-state index < -0.39 is 0 Å². The summed E-state index contributed by atoms with van der Waals surface area (Å²) in [6.07, 6.45) is 2.70. The molecule has 0 spiro atoms. The molecule has 1 unspecified atom stereocenters. The number of piperidine rings is 1. The zero-order chi connectivity index (χ0) is 6.69. The van der Waals surface area contributed by atoms with Gasteiger partial charge in [0.25, 0.3) is 0 Å². The molecule has 0 radical (unpaired) electrons. The van der Waals surface area contributed by atoms with Crippen molar-refractivity contribution in [3.05, 3.63) is 0 Å². The Hall–Kier alpha value is 0.500. The number of nitrogens with one attached hydrogen (secondary N) is 1.